The van der Waals surface area contributed by atoms with Gasteiger partial charge in [0, 0.05) is 29.1 Å². The second kappa shape index (κ2) is 11.7. The summed E-state index contributed by atoms with van der Waals surface area (Å²) in [4.78, 5) is 35.6. The number of nitrogens with zero attached hydrogens (tertiary/aromatic N) is 5. The SMILES string of the molecule is Cc1nn(Cc2ccc(C(=O)NCCN(C)C)cn2)c(C)c1NC(=O)c1cc(C(F)(F)F)nc2ccc(Br)cc12. The molecule has 4 aromatic rings. The molecule has 0 spiro atoms. The zero-order chi connectivity index (χ0) is 29.2. The van der Waals surface area contributed by atoms with Gasteiger partial charge in [-0.25, -0.2) is 4.98 Å². The number of rotatable bonds is 8. The maximum atomic E-state index is 13.5. The maximum absolute atomic E-state index is 13.5. The second-order valence-corrected chi connectivity index (χ2v) is 10.4. The smallest absolute Gasteiger partial charge is 0.351 e. The third-order valence-corrected chi connectivity index (χ3v) is 6.66. The van der Waals surface area contributed by atoms with Crippen LogP contribution in [0.5, 0.6) is 0 Å². The van der Waals surface area contributed by atoms with Crippen LogP contribution in [0.1, 0.15) is 43.5 Å². The Morgan fingerprint density at radius 1 is 1.07 bits per heavy atom. The molecule has 0 aliphatic rings. The number of hydrogen-bond acceptors (Lipinski definition) is 6. The van der Waals surface area contributed by atoms with Gasteiger partial charge in [-0.05, 0) is 64.3 Å². The standard InChI is InChI=1S/C27H27BrF3N7O2/c1-15-24(35-26(40)21-12-23(27(29,30)31)34-22-8-6-18(28)11-20(21)22)16(2)38(36-15)14-19-7-5-17(13-33-19)25(39)32-9-10-37(3)4/h5-8,11-13H,9-10,14H2,1-4H3,(H,32,39)(H,35,40). The van der Waals surface area contributed by atoms with Gasteiger partial charge in [-0.15, -0.1) is 0 Å². The molecule has 0 aliphatic heterocycles. The molecule has 0 atom stereocenters. The lowest BCUT2D eigenvalue weighted by molar-refractivity contribution is -0.141. The van der Waals surface area contributed by atoms with Crippen LogP contribution >= 0.6 is 15.9 Å². The zero-order valence-electron chi connectivity index (χ0n) is 22.2. The van der Waals surface area contributed by atoms with Crippen molar-refractivity contribution in [3.05, 3.63) is 81.0 Å². The minimum atomic E-state index is -4.72. The number of pyridine rings is 2. The molecule has 1 aromatic carbocycles. The molecule has 0 saturated carbocycles. The summed E-state index contributed by atoms with van der Waals surface area (Å²) < 4.78 is 42.8. The molecule has 0 saturated heterocycles. The highest BCUT2D eigenvalue weighted by molar-refractivity contribution is 9.10. The van der Waals surface area contributed by atoms with E-state index in [1.807, 2.05) is 19.0 Å². The van der Waals surface area contributed by atoms with Gasteiger partial charge < -0.3 is 15.5 Å². The number of nitrogens with one attached hydrogen (secondary N) is 2. The molecule has 0 fully saturated rings. The number of carbonyl (C=O) groups is 2. The normalized spacial score (nSPS) is 11.7. The summed E-state index contributed by atoms with van der Waals surface area (Å²) in [6.07, 6.45) is -3.23. The molecule has 3 aromatic heterocycles. The molecule has 9 nitrogen and oxygen atoms in total. The quantitative estimate of drug-likeness (QED) is 0.294. The predicted octanol–water partition coefficient (Wildman–Crippen LogP) is 4.82. The van der Waals surface area contributed by atoms with E-state index >= 15 is 0 Å². The molecule has 210 valence electrons. The third kappa shape index (κ3) is 6.65. The second-order valence-electron chi connectivity index (χ2n) is 9.47. The summed E-state index contributed by atoms with van der Waals surface area (Å²) in [5, 5.41) is 10.3. The number of fused-ring (bicyclic) bond motifs is 1. The summed E-state index contributed by atoms with van der Waals surface area (Å²) in [5.41, 5.74) is 1.26. The third-order valence-electron chi connectivity index (χ3n) is 6.17. The van der Waals surface area contributed by atoms with Crippen LogP contribution < -0.4 is 10.6 Å². The molecule has 0 unspecified atom stereocenters. The van der Waals surface area contributed by atoms with Crippen LogP contribution in [0.4, 0.5) is 18.9 Å². The van der Waals surface area contributed by atoms with Crippen molar-refractivity contribution in [3.8, 4) is 0 Å². The van der Waals surface area contributed by atoms with Gasteiger partial charge >= 0.3 is 6.18 Å². The first-order valence-electron chi connectivity index (χ1n) is 12.2. The largest absolute Gasteiger partial charge is 0.433 e. The molecule has 40 heavy (non-hydrogen) atoms. The van der Waals surface area contributed by atoms with Crippen molar-refractivity contribution in [3.63, 3.8) is 0 Å². The van der Waals surface area contributed by atoms with Crippen molar-refractivity contribution >= 4 is 44.3 Å². The summed E-state index contributed by atoms with van der Waals surface area (Å²) in [7, 11) is 3.84. The Labute approximate surface area is 236 Å². The van der Waals surface area contributed by atoms with Gasteiger partial charge in [-0.2, -0.15) is 18.3 Å². The van der Waals surface area contributed by atoms with Crippen LogP contribution in [-0.4, -0.2) is 63.6 Å². The highest BCUT2D eigenvalue weighted by Gasteiger charge is 2.34. The van der Waals surface area contributed by atoms with Crippen LogP contribution in [-0.2, 0) is 12.7 Å². The fraction of sp³-hybridized carbons (Fsp3) is 0.296. The molecule has 0 radical (unpaired) electrons. The fourth-order valence-corrected chi connectivity index (χ4v) is 4.41. The van der Waals surface area contributed by atoms with Crippen molar-refractivity contribution in [1.29, 1.82) is 0 Å². The van der Waals surface area contributed by atoms with Crippen LogP contribution in [0, 0.1) is 13.8 Å². The number of hydrogen-bond donors (Lipinski definition) is 2. The number of anilines is 1. The van der Waals surface area contributed by atoms with Crippen molar-refractivity contribution in [1.82, 2.24) is 30.0 Å². The molecular formula is C27H27BrF3N7O2. The predicted molar refractivity (Wildman–Crippen MR) is 148 cm³/mol. The zero-order valence-corrected chi connectivity index (χ0v) is 23.8. The highest BCUT2D eigenvalue weighted by Crippen LogP contribution is 2.32. The Morgan fingerprint density at radius 3 is 2.48 bits per heavy atom. The van der Waals surface area contributed by atoms with E-state index in [-0.39, 0.29) is 28.9 Å². The Hall–Kier alpha value is -3.84. The number of benzene rings is 1. The van der Waals surface area contributed by atoms with E-state index in [1.54, 1.807) is 42.8 Å². The summed E-state index contributed by atoms with van der Waals surface area (Å²) in [6, 6.07) is 8.68. The number of carbonyl (C=O) groups excluding carboxylic acids is 2. The monoisotopic (exact) mass is 617 g/mol. The van der Waals surface area contributed by atoms with E-state index in [9.17, 15) is 22.8 Å². The number of amides is 2. The Bertz CT molecular complexity index is 1570. The molecule has 0 bridgehead atoms. The summed E-state index contributed by atoms with van der Waals surface area (Å²) >= 11 is 3.30. The average Bonchev–Trinajstić information content (AvgIpc) is 3.14. The lowest BCUT2D eigenvalue weighted by Crippen LogP contribution is -2.31. The van der Waals surface area contributed by atoms with Crippen molar-refractivity contribution < 1.29 is 22.8 Å². The van der Waals surface area contributed by atoms with Gasteiger partial charge in [0.2, 0.25) is 0 Å². The number of halogens is 4. The molecule has 13 heteroatoms. The molecule has 2 amide bonds. The van der Waals surface area contributed by atoms with Crippen LogP contribution in [0.3, 0.4) is 0 Å². The average molecular weight is 618 g/mol. The Balaban J connectivity index is 1.54. The van der Waals surface area contributed by atoms with Gasteiger partial charge in [0.1, 0.15) is 5.69 Å². The van der Waals surface area contributed by atoms with Gasteiger partial charge in [-0.1, -0.05) is 15.9 Å². The molecular weight excluding hydrogens is 591 g/mol. The fourth-order valence-electron chi connectivity index (χ4n) is 4.04. The Morgan fingerprint density at radius 2 is 1.82 bits per heavy atom. The summed E-state index contributed by atoms with van der Waals surface area (Å²) in [6.45, 7) is 4.92. The first-order chi connectivity index (χ1) is 18.8. The van der Waals surface area contributed by atoms with E-state index in [0.717, 1.165) is 6.07 Å². The number of likely N-dealkylation sites (N-methyl/N-ethyl adjacent to an activating group) is 1. The topological polar surface area (TPSA) is 105 Å². The molecule has 4 rings (SSSR count). The highest BCUT2D eigenvalue weighted by atomic mass is 79.9. The minimum Gasteiger partial charge on any atom is -0.351 e. The lowest BCUT2D eigenvalue weighted by atomic mass is 10.1. The van der Waals surface area contributed by atoms with Crippen molar-refractivity contribution in [2.75, 3.05) is 32.5 Å². The molecule has 3 heterocycles. The van der Waals surface area contributed by atoms with Crippen LogP contribution in [0.15, 0.2) is 47.1 Å². The van der Waals surface area contributed by atoms with Crippen LogP contribution in [0.2, 0.25) is 0 Å². The first kappa shape index (κ1) is 29.2. The van der Waals surface area contributed by atoms with E-state index in [4.69, 9.17) is 0 Å². The van der Waals surface area contributed by atoms with Gasteiger partial charge in [0.25, 0.3) is 11.8 Å². The lowest BCUT2D eigenvalue weighted by Gasteiger charge is -2.13. The minimum absolute atomic E-state index is 0.0493. The summed E-state index contributed by atoms with van der Waals surface area (Å²) in [5.74, 6) is -0.939. The van der Waals surface area contributed by atoms with Crippen molar-refractivity contribution in [2.24, 2.45) is 0 Å². The van der Waals surface area contributed by atoms with Crippen molar-refractivity contribution in [2.45, 2.75) is 26.6 Å². The van der Waals surface area contributed by atoms with E-state index < -0.39 is 17.8 Å². The van der Waals surface area contributed by atoms with Gasteiger partial charge in [0.15, 0.2) is 0 Å². The number of alkyl halides is 3. The van der Waals surface area contributed by atoms with E-state index in [1.165, 1.54) is 12.3 Å². The van der Waals surface area contributed by atoms with Crippen LogP contribution in [0.25, 0.3) is 10.9 Å². The van der Waals surface area contributed by atoms with Gasteiger partial charge in [-0.3, -0.25) is 19.3 Å². The molecule has 2 N–H and O–H groups in total. The Kier molecular flexibility index (Phi) is 8.54. The molecule has 0 aliphatic carbocycles. The number of aryl methyl sites for hydroxylation is 1. The first-order valence-corrected chi connectivity index (χ1v) is 13.0. The van der Waals surface area contributed by atoms with E-state index in [2.05, 4.69) is 41.6 Å². The van der Waals surface area contributed by atoms with E-state index in [0.29, 0.717) is 45.9 Å². The van der Waals surface area contributed by atoms with Gasteiger partial charge in [0.05, 0.1) is 46.0 Å². The maximum Gasteiger partial charge on any atom is 0.433 e. The number of aromatic nitrogens is 4.